The van der Waals surface area contributed by atoms with Gasteiger partial charge >= 0.3 is 0 Å². The molecule has 1 aliphatic heterocycles. The van der Waals surface area contributed by atoms with Crippen LogP contribution in [-0.4, -0.2) is 32.5 Å². The van der Waals surface area contributed by atoms with Crippen LogP contribution in [0.5, 0.6) is 0 Å². The molecule has 0 aromatic carbocycles. The van der Waals surface area contributed by atoms with E-state index < -0.39 is 0 Å². The molecule has 2 aromatic rings. The van der Waals surface area contributed by atoms with Crippen LogP contribution in [-0.2, 0) is 18.2 Å². The van der Waals surface area contributed by atoms with E-state index in [1.165, 1.54) is 0 Å². The second kappa shape index (κ2) is 4.51. The summed E-state index contributed by atoms with van der Waals surface area (Å²) in [5, 5.41) is 4.59. The van der Waals surface area contributed by atoms with E-state index in [4.69, 9.17) is 17.0 Å². The first kappa shape index (κ1) is 11.9. The molecule has 1 aliphatic rings. The van der Waals surface area contributed by atoms with E-state index in [0.29, 0.717) is 6.04 Å². The number of hydrogen-bond acceptors (Lipinski definition) is 3. The van der Waals surface area contributed by atoms with Crippen LogP contribution in [0.3, 0.4) is 0 Å². The Morgan fingerprint density at radius 3 is 3.06 bits per heavy atom. The van der Waals surface area contributed by atoms with Crippen LogP contribution in [0.4, 0.5) is 0 Å². The maximum absolute atomic E-state index is 5.47. The van der Waals surface area contributed by atoms with Gasteiger partial charge in [-0.3, -0.25) is 9.25 Å². The Bertz CT molecular complexity index is 618. The van der Waals surface area contributed by atoms with Crippen molar-refractivity contribution in [2.45, 2.75) is 32.2 Å². The predicted octanol–water partition coefficient (Wildman–Crippen LogP) is 2.35. The van der Waals surface area contributed by atoms with Crippen LogP contribution in [0.25, 0.3) is 11.2 Å². The fraction of sp³-hybridized carbons (Fsp3) is 0.667. The Labute approximate surface area is 111 Å². The van der Waals surface area contributed by atoms with Crippen molar-refractivity contribution in [3.8, 4) is 0 Å². The first-order valence-electron chi connectivity index (χ1n) is 6.46. The normalized spacial score (nSPS) is 20.0. The average molecular weight is 266 g/mol. The first-order valence-corrected chi connectivity index (χ1v) is 6.87. The third kappa shape index (κ3) is 1.71. The molecule has 3 rings (SSSR count). The summed E-state index contributed by atoms with van der Waals surface area (Å²) in [4.78, 5) is 3.32. The second-order valence-electron chi connectivity index (χ2n) is 4.84. The number of fused-ring (bicyclic) bond motifs is 1. The largest absolute Gasteiger partial charge is 0.379 e. The van der Waals surface area contributed by atoms with Crippen LogP contribution in [0.15, 0.2) is 0 Å². The summed E-state index contributed by atoms with van der Waals surface area (Å²) in [6.07, 6.45) is 3.09. The van der Waals surface area contributed by atoms with Crippen LogP contribution in [0.1, 0.15) is 31.5 Å². The van der Waals surface area contributed by atoms with E-state index in [2.05, 4.69) is 21.6 Å². The first-order chi connectivity index (χ1) is 8.72. The molecular formula is C12H18N4OS. The molecule has 1 N–H and O–H groups in total. The molecule has 0 spiro atoms. The average Bonchev–Trinajstić information content (AvgIpc) is 2.99. The van der Waals surface area contributed by atoms with Gasteiger partial charge in [0.25, 0.3) is 0 Å². The van der Waals surface area contributed by atoms with E-state index in [0.717, 1.165) is 54.1 Å². The number of aryl methyl sites for hydroxylation is 2. The predicted molar refractivity (Wildman–Crippen MR) is 72.4 cm³/mol. The third-order valence-electron chi connectivity index (χ3n) is 3.53. The standard InChI is InChI=1S/C12H18N4OS/c1-3-4-9-10-11(15(2)14-9)16(12(18)13-10)8-5-6-17-7-8/h8H,3-7H2,1-2H3,(H,13,18). The molecule has 0 radical (unpaired) electrons. The van der Waals surface area contributed by atoms with Gasteiger partial charge < -0.3 is 9.72 Å². The third-order valence-corrected chi connectivity index (χ3v) is 3.82. The molecule has 0 amide bonds. The summed E-state index contributed by atoms with van der Waals surface area (Å²) < 4.78 is 10.4. The van der Waals surface area contributed by atoms with Gasteiger partial charge in [-0.15, -0.1) is 0 Å². The van der Waals surface area contributed by atoms with Crippen molar-refractivity contribution in [2.24, 2.45) is 7.05 Å². The number of hydrogen-bond donors (Lipinski definition) is 1. The van der Waals surface area contributed by atoms with Gasteiger partial charge in [-0.25, -0.2) is 0 Å². The number of nitrogens with zero attached hydrogens (tertiary/aromatic N) is 3. The van der Waals surface area contributed by atoms with Crippen LogP contribution < -0.4 is 0 Å². The van der Waals surface area contributed by atoms with Gasteiger partial charge in [-0.05, 0) is 25.1 Å². The van der Waals surface area contributed by atoms with Gasteiger partial charge in [-0.1, -0.05) is 13.3 Å². The molecule has 98 valence electrons. The lowest BCUT2D eigenvalue weighted by molar-refractivity contribution is 0.187. The van der Waals surface area contributed by atoms with E-state index in [1.54, 1.807) is 0 Å². The lowest BCUT2D eigenvalue weighted by Crippen LogP contribution is -2.11. The van der Waals surface area contributed by atoms with Crippen LogP contribution in [0, 0.1) is 4.77 Å². The fourth-order valence-electron chi connectivity index (χ4n) is 2.71. The van der Waals surface area contributed by atoms with Gasteiger partial charge in [0.15, 0.2) is 10.4 Å². The van der Waals surface area contributed by atoms with E-state index in [9.17, 15) is 0 Å². The minimum Gasteiger partial charge on any atom is -0.379 e. The highest BCUT2D eigenvalue weighted by molar-refractivity contribution is 7.71. The Morgan fingerprint density at radius 1 is 1.56 bits per heavy atom. The van der Waals surface area contributed by atoms with Crippen molar-refractivity contribution in [1.82, 2.24) is 19.3 Å². The highest BCUT2D eigenvalue weighted by Crippen LogP contribution is 2.26. The number of H-pyrrole nitrogens is 1. The Hall–Kier alpha value is -1.14. The molecule has 0 aliphatic carbocycles. The Balaban J connectivity index is 2.19. The molecule has 1 fully saturated rings. The molecule has 1 atom stereocenters. The van der Waals surface area contributed by atoms with Crippen molar-refractivity contribution in [3.63, 3.8) is 0 Å². The zero-order valence-electron chi connectivity index (χ0n) is 10.8. The number of rotatable bonds is 3. The highest BCUT2D eigenvalue weighted by atomic mass is 32.1. The zero-order chi connectivity index (χ0) is 12.7. The molecular weight excluding hydrogens is 248 g/mol. The van der Waals surface area contributed by atoms with Gasteiger partial charge in [-0.2, -0.15) is 5.10 Å². The van der Waals surface area contributed by atoms with E-state index >= 15 is 0 Å². The Kier molecular flexibility index (Phi) is 2.99. The molecule has 1 unspecified atom stereocenters. The van der Waals surface area contributed by atoms with E-state index in [1.807, 2.05) is 11.7 Å². The van der Waals surface area contributed by atoms with Crippen molar-refractivity contribution in [1.29, 1.82) is 0 Å². The lowest BCUT2D eigenvalue weighted by Gasteiger charge is -2.10. The lowest BCUT2D eigenvalue weighted by atomic mass is 10.2. The number of aromatic nitrogens is 4. The molecule has 2 aromatic heterocycles. The molecule has 5 nitrogen and oxygen atoms in total. The molecule has 3 heterocycles. The summed E-state index contributed by atoms with van der Waals surface area (Å²) in [5.41, 5.74) is 3.30. The van der Waals surface area contributed by atoms with Crippen LogP contribution >= 0.6 is 12.2 Å². The fourth-order valence-corrected chi connectivity index (χ4v) is 3.05. The van der Waals surface area contributed by atoms with Crippen molar-refractivity contribution < 1.29 is 4.74 Å². The van der Waals surface area contributed by atoms with E-state index in [-0.39, 0.29) is 0 Å². The molecule has 1 saturated heterocycles. The number of ether oxygens (including phenoxy) is 1. The quantitative estimate of drug-likeness (QED) is 0.867. The van der Waals surface area contributed by atoms with Crippen molar-refractivity contribution in [2.75, 3.05) is 13.2 Å². The van der Waals surface area contributed by atoms with Crippen molar-refractivity contribution >= 4 is 23.4 Å². The summed E-state index contributed by atoms with van der Waals surface area (Å²) in [7, 11) is 1.98. The summed E-state index contributed by atoms with van der Waals surface area (Å²) in [6, 6.07) is 0.344. The minimum atomic E-state index is 0.344. The zero-order valence-corrected chi connectivity index (χ0v) is 11.6. The summed E-state index contributed by atoms with van der Waals surface area (Å²) in [5.74, 6) is 0. The second-order valence-corrected chi connectivity index (χ2v) is 5.22. The monoisotopic (exact) mass is 266 g/mol. The van der Waals surface area contributed by atoms with Gasteiger partial charge in [0.05, 0.1) is 18.3 Å². The number of nitrogens with one attached hydrogen (secondary N) is 1. The molecule has 0 saturated carbocycles. The molecule has 0 bridgehead atoms. The smallest absolute Gasteiger partial charge is 0.179 e. The maximum atomic E-state index is 5.47. The van der Waals surface area contributed by atoms with Crippen molar-refractivity contribution in [3.05, 3.63) is 10.5 Å². The van der Waals surface area contributed by atoms with Gasteiger partial charge in [0, 0.05) is 13.7 Å². The summed E-state index contributed by atoms with van der Waals surface area (Å²) in [6.45, 7) is 3.73. The number of imidazole rings is 1. The molecule has 18 heavy (non-hydrogen) atoms. The minimum absolute atomic E-state index is 0.344. The highest BCUT2D eigenvalue weighted by Gasteiger charge is 2.23. The summed E-state index contributed by atoms with van der Waals surface area (Å²) >= 11 is 5.46. The Morgan fingerprint density at radius 2 is 2.39 bits per heavy atom. The maximum Gasteiger partial charge on any atom is 0.179 e. The number of aromatic amines is 1. The van der Waals surface area contributed by atoms with Gasteiger partial charge in [0.2, 0.25) is 0 Å². The topological polar surface area (TPSA) is 47.8 Å². The van der Waals surface area contributed by atoms with Gasteiger partial charge in [0.1, 0.15) is 5.52 Å². The van der Waals surface area contributed by atoms with Crippen LogP contribution in [0.2, 0.25) is 0 Å². The SMILES string of the molecule is CCCc1nn(C)c2c1[nH]c(=S)n2C1CCOC1. The molecule has 6 heteroatoms.